The van der Waals surface area contributed by atoms with E-state index in [2.05, 4.69) is 26.2 Å². The lowest BCUT2D eigenvalue weighted by Gasteiger charge is -2.14. The van der Waals surface area contributed by atoms with Crippen molar-refractivity contribution in [3.05, 3.63) is 28.2 Å². The van der Waals surface area contributed by atoms with Gasteiger partial charge in [0.2, 0.25) is 5.91 Å². The van der Waals surface area contributed by atoms with E-state index in [-0.39, 0.29) is 17.8 Å². The minimum Gasteiger partial charge on any atom is -0.352 e. The minimum atomic E-state index is -0.323. The number of aryl methyl sites for hydroxylation is 1. The fourth-order valence-corrected chi connectivity index (χ4v) is 3.18. The lowest BCUT2D eigenvalue weighted by molar-refractivity contribution is -0.119. The Kier molecular flexibility index (Phi) is 4.17. The Hall–Kier alpha value is -1.14. The van der Waals surface area contributed by atoms with Gasteiger partial charge in [0.15, 0.2) is 0 Å². The second kappa shape index (κ2) is 5.93. The molecule has 1 N–H and O–H groups in total. The summed E-state index contributed by atoms with van der Waals surface area (Å²) in [6.07, 6.45) is 1.94. The van der Waals surface area contributed by atoms with Crippen molar-refractivity contribution in [2.75, 3.05) is 5.88 Å². The molecule has 7 heteroatoms. The molecule has 2 heterocycles. The Balaban J connectivity index is 2.02. The number of amides is 1. The van der Waals surface area contributed by atoms with E-state index in [1.807, 2.05) is 4.57 Å². The number of hydrogen-bond donors (Lipinski definition) is 1. The lowest BCUT2D eigenvalue weighted by atomic mass is 10.2. The molecule has 0 spiro atoms. The summed E-state index contributed by atoms with van der Waals surface area (Å²) in [6, 6.07) is 3.21. The summed E-state index contributed by atoms with van der Waals surface area (Å²) in [7, 11) is 0. The molecule has 0 aliphatic carbocycles. The summed E-state index contributed by atoms with van der Waals surface area (Å²) < 4.78 is 16.2. The maximum absolute atomic E-state index is 13.8. The molecule has 1 aliphatic heterocycles. The smallest absolute Gasteiger partial charge is 0.220 e. The number of halogens is 3. The molecule has 1 amide bonds. The second-order valence-electron chi connectivity index (χ2n) is 5.14. The lowest BCUT2D eigenvalue weighted by Crippen LogP contribution is -2.30. The van der Waals surface area contributed by atoms with Crippen molar-refractivity contribution in [2.24, 2.45) is 0 Å². The first-order valence-corrected chi connectivity index (χ1v) is 8.10. The Morgan fingerprint density at radius 3 is 3.00 bits per heavy atom. The Morgan fingerprint density at radius 1 is 1.52 bits per heavy atom. The Bertz CT molecular complexity index is 703. The van der Waals surface area contributed by atoms with Gasteiger partial charge in [-0.2, -0.15) is 0 Å². The number of imidazole rings is 1. The van der Waals surface area contributed by atoms with Crippen LogP contribution in [0.1, 0.15) is 18.7 Å². The van der Waals surface area contributed by atoms with Crippen molar-refractivity contribution >= 4 is 44.5 Å². The number of rotatable bonds is 4. The van der Waals surface area contributed by atoms with E-state index in [0.717, 1.165) is 23.3 Å². The second-order valence-corrected chi connectivity index (χ2v) is 6.37. The molecule has 1 atom stereocenters. The van der Waals surface area contributed by atoms with Crippen LogP contribution in [0.15, 0.2) is 16.6 Å². The molecular formula is C14H14BrClFN3O. The van der Waals surface area contributed by atoms with E-state index in [1.54, 1.807) is 6.07 Å². The van der Waals surface area contributed by atoms with Crippen LogP contribution in [0.25, 0.3) is 11.0 Å². The maximum atomic E-state index is 13.8. The zero-order chi connectivity index (χ0) is 15.0. The van der Waals surface area contributed by atoms with Gasteiger partial charge in [0.1, 0.15) is 11.6 Å². The van der Waals surface area contributed by atoms with Crippen LogP contribution in [-0.4, -0.2) is 27.4 Å². The van der Waals surface area contributed by atoms with Crippen molar-refractivity contribution in [3.8, 4) is 0 Å². The monoisotopic (exact) mass is 373 g/mol. The first-order valence-electron chi connectivity index (χ1n) is 6.78. The molecule has 0 bridgehead atoms. The van der Waals surface area contributed by atoms with Crippen LogP contribution in [-0.2, 0) is 17.8 Å². The van der Waals surface area contributed by atoms with Crippen LogP contribution < -0.4 is 5.32 Å². The largest absolute Gasteiger partial charge is 0.352 e. The van der Waals surface area contributed by atoms with Crippen LogP contribution in [0.4, 0.5) is 4.39 Å². The fraction of sp³-hybridized carbons (Fsp3) is 0.429. The van der Waals surface area contributed by atoms with Crippen molar-refractivity contribution in [1.29, 1.82) is 0 Å². The zero-order valence-corrected chi connectivity index (χ0v) is 13.5. The standard InChI is InChI=1S/C14H14BrClFN3O/c15-9-5-11-12(6-10(9)17)20(13(19-11)3-4-16)7-8-1-2-14(21)18-8/h5-6,8H,1-4,7H2,(H,18,21). The van der Waals surface area contributed by atoms with E-state index in [1.165, 1.54) is 6.07 Å². The zero-order valence-electron chi connectivity index (χ0n) is 11.2. The molecule has 1 fully saturated rings. The summed E-state index contributed by atoms with van der Waals surface area (Å²) in [5.41, 5.74) is 1.46. The molecule has 4 nitrogen and oxygen atoms in total. The topological polar surface area (TPSA) is 46.9 Å². The van der Waals surface area contributed by atoms with Crippen LogP contribution in [0, 0.1) is 5.82 Å². The van der Waals surface area contributed by atoms with Gasteiger partial charge < -0.3 is 9.88 Å². The first-order chi connectivity index (χ1) is 10.1. The van der Waals surface area contributed by atoms with Gasteiger partial charge in [-0.05, 0) is 28.4 Å². The average molecular weight is 375 g/mol. The molecule has 1 aliphatic rings. The Labute approximate surface area is 134 Å². The fourth-order valence-electron chi connectivity index (χ4n) is 2.68. The van der Waals surface area contributed by atoms with Crippen LogP contribution in [0.5, 0.6) is 0 Å². The normalized spacial score (nSPS) is 18.4. The number of hydrogen-bond acceptors (Lipinski definition) is 2. The van der Waals surface area contributed by atoms with Crippen molar-refractivity contribution in [2.45, 2.75) is 31.8 Å². The molecule has 1 aromatic heterocycles. The third kappa shape index (κ3) is 2.92. The molecule has 1 saturated heterocycles. The van der Waals surface area contributed by atoms with Crippen LogP contribution in [0.2, 0.25) is 0 Å². The van der Waals surface area contributed by atoms with Crippen LogP contribution >= 0.6 is 27.5 Å². The molecule has 112 valence electrons. The van der Waals surface area contributed by atoms with Gasteiger partial charge in [0.05, 0.1) is 15.5 Å². The van der Waals surface area contributed by atoms with Gasteiger partial charge in [-0.25, -0.2) is 9.37 Å². The van der Waals surface area contributed by atoms with Crippen molar-refractivity contribution < 1.29 is 9.18 Å². The molecule has 0 radical (unpaired) electrons. The Morgan fingerprint density at radius 2 is 2.33 bits per heavy atom. The average Bonchev–Trinajstić information content (AvgIpc) is 2.97. The molecular weight excluding hydrogens is 361 g/mol. The van der Waals surface area contributed by atoms with E-state index in [4.69, 9.17) is 11.6 Å². The van der Waals surface area contributed by atoms with Gasteiger partial charge in [-0.15, -0.1) is 11.6 Å². The number of carbonyl (C=O) groups excluding carboxylic acids is 1. The first kappa shape index (κ1) is 14.8. The molecule has 3 rings (SSSR count). The van der Waals surface area contributed by atoms with Gasteiger partial charge in [0.25, 0.3) is 0 Å². The third-order valence-corrected chi connectivity index (χ3v) is 4.47. The highest BCUT2D eigenvalue weighted by Gasteiger charge is 2.23. The molecule has 21 heavy (non-hydrogen) atoms. The SMILES string of the molecule is O=C1CCC(Cn2c(CCCl)nc3cc(Br)c(F)cc32)N1. The van der Waals surface area contributed by atoms with Crippen molar-refractivity contribution in [1.82, 2.24) is 14.9 Å². The van der Waals surface area contributed by atoms with E-state index < -0.39 is 0 Å². The highest BCUT2D eigenvalue weighted by molar-refractivity contribution is 9.10. The van der Waals surface area contributed by atoms with E-state index >= 15 is 0 Å². The number of alkyl halides is 1. The summed E-state index contributed by atoms with van der Waals surface area (Å²) in [5, 5.41) is 2.93. The summed E-state index contributed by atoms with van der Waals surface area (Å²) in [5.74, 6) is 1.01. The molecule has 0 saturated carbocycles. The van der Waals surface area contributed by atoms with Gasteiger partial charge >= 0.3 is 0 Å². The van der Waals surface area contributed by atoms with Crippen molar-refractivity contribution in [3.63, 3.8) is 0 Å². The number of nitrogens with zero attached hydrogens (tertiary/aromatic N) is 2. The summed E-state index contributed by atoms with van der Waals surface area (Å²) >= 11 is 9.01. The van der Waals surface area contributed by atoms with Gasteiger partial charge in [0, 0.05) is 37.4 Å². The maximum Gasteiger partial charge on any atom is 0.220 e. The molecule has 1 unspecified atom stereocenters. The molecule has 1 aromatic carbocycles. The number of fused-ring (bicyclic) bond motifs is 1. The number of benzene rings is 1. The molecule has 2 aromatic rings. The highest BCUT2D eigenvalue weighted by Crippen LogP contribution is 2.25. The van der Waals surface area contributed by atoms with E-state index in [9.17, 15) is 9.18 Å². The summed E-state index contributed by atoms with van der Waals surface area (Å²) in [4.78, 5) is 15.9. The predicted molar refractivity (Wildman–Crippen MR) is 83.0 cm³/mol. The number of carbonyl (C=O) groups is 1. The minimum absolute atomic E-state index is 0.0654. The summed E-state index contributed by atoms with van der Waals surface area (Å²) in [6.45, 7) is 0.593. The van der Waals surface area contributed by atoms with Crippen LogP contribution in [0.3, 0.4) is 0 Å². The number of nitrogens with one attached hydrogen (secondary N) is 1. The number of aromatic nitrogens is 2. The van der Waals surface area contributed by atoms with Gasteiger partial charge in [-0.3, -0.25) is 4.79 Å². The highest BCUT2D eigenvalue weighted by atomic mass is 79.9. The van der Waals surface area contributed by atoms with E-state index in [0.29, 0.717) is 29.7 Å². The quantitative estimate of drug-likeness (QED) is 0.836. The van der Waals surface area contributed by atoms with Gasteiger partial charge in [-0.1, -0.05) is 0 Å². The predicted octanol–water partition coefficient (Wildman–Crippen LogP) is 3.00. The third-order valence-electron chi connectivity index (χ3n) is 3.68.